The Morgan fingerprint density at radius 1 is 0.722 bits per heavy atom. The second-order valence-corrected chi connectivity index (χ2v) is 6.76. The summed E-state index contributed by atoms with van der Waals surface area (Å²) in [6.45, 7) is 0. The summed E-state index contributed by atoms with van der Waals surface area (Å²) in [6.07, 6.45) is 0. The molecule has 3 rings (SSSR count). The quantitative estimate of drug-likeness (QED) is 0.637. The zero-order chi connectivity index (χ0) is 12.4. The number of hydrogen-bond donors (Lipinski definition) is 0. The Labute approximate surface area is 118 Å². The summed E-state index contributed by atoms with van der Waals surface area (Å²) in [4.78, 5) is 0. The van der Waals surface area contributed by atoms with E-state index in [9.17, 15) is 0 Å². The van der Waals surface area contributed by atoms with Gasteiger partial charge in [0.15, 0.2) is 0 Å². The van der Waals surface area contributed by atoms with Gasteiger partial charge < -0.3 is 0 Å². The van der Waals surface area contributed by atoms with Gasteiger partial charge in [-0.3, -0.25) is 0 Å². The first-order chi connectivity index (χ1) is 8.84. The van der Waals surface area contributed by atoms with Gasteiger partial charge in [-0.1, -0.05) is 0 Å². The van der Waals surface area contributed by atoms with Crippen LogP contribution in [0.3, 0.4) is 0 Å². The topological polar surface area (TPSA) is 0 Å². The maximum atomic E-state index is 6.34. The Bertz CT molecular complexity index is 672. The maximum absolute atomic E-state index is 6.34. The van der Waals surface area contributed by atoms with Gasteiger partial charge in [0.1, 0.15) is 0 Å². The number of halogens is 1. The molecule has 0 saturated heterocycles. The van der Waals surface area contributed by atoms with E-state index in [-0.39, 0.29) is 0 Å². The van der Waals surface area contributed by atoms with E-state index in [4.69, 9.17) is 11.6 Å². The van der Waals surface area contributed by atoms with Crippen LogP contribution in [0.15, 0.2) is 66.7 Å². The molecule has 0 aliphatic heterocycles. The van der Waals surface area contributed by atoms with Crippen LogP contribution in [0.4, 0.5) is 0 Å². The Morgan fingerprint density at radius 3 is 2.22 bits per heavy atom. The molecule has 0 radical (unpaired) electrons. The summed E-state index contributed by atoms with van der Waals surface area (Å²) in [6, 6.07) is 23.1. The molecule has 0 heterocycles. The average molecular weight is 318 g/mol. The molecule has 0 unspecified atom stereocenters. The van der Waals surface area contributed by atoms with Crippen LogP contribution in [0, 0.1) is 0 Å². The van der Waals surface area contributed by atoms with Gasteiger partial charge in [0, 0.05) is 0 Å². The van der Waals surface area contributed by atoms with Gasteiger partial charge >= 0.3 is 118 Å². The molecule has 2 heteroatoms. The molecule has 0 saturated carbocycles. The number of hydrogen-bond acceptors (Lipinski definition) is 0. The van der Waals surface area contributed by atoms with Crippen molar-refractivity contribution in [1.29, 1.82) is 0 Å². The van der Waals surface area contributed by atoms with Gasteiger partial charge in [-0.25, -0.2) is 0 Å². The molecule has 0 atom stereocenters. The third-order valence-corrected chi connectivity index (χ3v) is 5.34. The van der Waals surface area contributed by atoms with Crippen LogP contribution in [-0.4, -0.2) is 15.0 Å². The first kappa shape index (κ1) is 11.8. The molecule has 88 valence electrons. The van der Waals surface area contributed by atoms with E-state index in [0.29, 0.717) is 15.0 Å². The van der Waals surface area contributed by atoms with Gasteiger partial charge in [0.2, 0.25) is 0 Å². The van der Waals surface area contributed by atoms with Crippen molar-refractivity contribution in [3.63, 3.8) is 0 Å². The molecule has 0 spiro atoms. The summed E-state index contributed by atoms with van der Waals surface area (Å²) < 4.78 is 2.72. The van der Waals surface area contributed by atoms with E-state index < -0.39 is 0 Å². The molecule has 0 N–H and O–H groups in total. The minimum absolute atomic E-state index is 0.297. The number of rotatable bonds is 2. The fourth-order valence-corrected chi connectivity index (χ4v) is 4.52. The molecular formula is C16H11ClSe. The van der Waals surface area contributed by atoms with E-state index in [2.05, 4.69) is 54.6 Å². The van der Waals surface area contributed by atoms with Gasteiger partial charge in [0.25, 0.3) is 0 Å². The molecule has 0 aliphatic rings. The van der Waals surface area contributed by atoms with Crippen LogP contribution >= 0.6 is 11.6 Å². The first-order valence-corrected chi connectivity index (χ1v) is 7.84. The summed E-state index contributed by atoms with van der Waals surface area (Å²) in [7, 11) is 0. The van der Waals surface area contributed by atoms with E-state index in [1.807, 2.05) is 12.1 Å². The zero-order valence-electron chi connectivity index (χ0n) is 9.64. The second kappa shape index (κ2) is 5.15. The van der Waals surface area contributed by atoms with E-state index >= 15 is 0 Å². The van der Waals surface area contributed by atoms with Crippen LogP contribution in [0.2, 0.25) is 5.02 Å². The molecule has 18 heavy (non-hydrogen) atoms. The van der Waals surface area contributed by atoms with E-state index in [1.165, 1.54) is 19.7 Å². The zero-order valence-corrected chi connectivity index (χ0v) is 12.1. The third-order valence-electron chi connectivity index (χ3n) is 2.79. The normalized spacial score (nSPS) is 10.7. The van der Waals surface area contributed by atoms with Crippen molar-refractivity contribution in [2.75, 3.05) is 0 Å². The van der Waals surface area contributed by atoms with Gasteiger partial charge in [-0.15, -0.1) is 0 Å². The Morgan fingerprint density at radius 2 is 1.44 bits per heavy atom. The second-order valence-electron chi connectivity index (χ2n) is 4.01. The monoisotopic (exact) mass is 318 g/mol. The molecule has 0 nitrogen and oxygen atoms in total. The fraction of sp³-hybridized carbons (Fsp3) is 0. The van der Waals surface area contributed by atoms with Crippen molar-refractivity contribution >= 4 is 46.3 Å². The van der Waals surface area contributed by atoms with Crippen LogP contribution in [0.5, 0.6) is 0 Å². The van der Waals surface area contributed by atoms with Crippen molar-refractivity contribution in [2.24, 2.45) is 0 Å². The van der Waals surface area contributed by atoms with Crippen LogP contribution in [-0.2, 0) is 0 Å². The van der Waals surface area contributed by atoms with Crippen LogP contribution in [0.25, 0.3) is 10.8 Å². The standard InChI is InChI=1S/C16H11ClSe/c17-14-10-4-6-12-7-5-11-15(16(12)14)18-13-8-2-1-3-9-13/h1-11H. The van der Waals surface area contributed by atoms with Crippen molar-refractivity contribution in [3.8, 4) is 0 Å². The minimum atomic E-state index is 0.297. The SMILES string of the molecule is Clc1cccc2cccc([Se]c3ccccc3)c12. The van der Waals surface area contributed by atoms with Crippen LogP contribution in [0.1, 0.15) is 0 Å². The molecular weight excluding hydrogens is 307 g/mol. The van der Waals surface area contributed by atoms with Crippen molar-refractivity contribution in [1.82, 2.24) is 0 Å². The molecule has 0 fully saturated rings. The van der Waals surface area contributed by atoms with E-state index in [1.54, 1.807) is 0 Å². The Balaban J connectivity index is 2.12. The van der Waals surface area contributed by atoms with Gasteiger partial charge in [-0.05, 0) is 0 Å². The molecule has 3 aromatic rings. The molecule has 0 bridgehead atoms. The average Bonchev–Trinajstić information content (AvgIpc) is 2.40. The summed E-state index contributed by atoms with van der Waals surface area (Å²) in [5.74, 6) is 0. The summed E-state index contributed by atoms with van der Waals surface area (Å²) in [5, 5.41) is 3.27. The molecule has 0 aliphatic carbocycles. The third kappa shape index (κ3) is 2.30. The predicted octanol–water partition coefficient (Wildman–Crippen LogP) is 3.15. The predicted molar refractivity (Wildman–Crippen MR) is 80.4 cm³/mol. The molecule has 3 aromatic carbocycles. The molecule has 0 amide bonds. The molecule has 0 aromatic heterocycles. The Kier molecular flexibility index (Phi) is 3.38. The van der Waals surface area contributed by atoms with Gasteiger partial charge in [-0.2, -0.15) is 0 Å². The summed E-state index contributed by atoms with van der Waals surface area (Å²) in [5.41, 5.74) is 0. The fourth-order valence-electron chi connectivity index (χ4n) is 1.96. The van der Waals surface area contributed by atoms with Crippen molar-refractivity contribution in [3.05, 3.63) is 71.8 Å². The summed E-state index contributed by atoms with van der Waals surface area (Å²) >= 11 is 6.64. The van der Waals surface area contributed by atoms with Crippen molar-refractivity contribution in [2.45, 2.75) is 0 Å². The number of fused-ring (bicyclic) bond motifs is 1. The van der Waals surface area contributed by atoms with E-state index in [0.717, 1.165) is 5.02 Å². The van der Waals surface area contributed by atoms with Gasteiger partial charge in [0.05, 0.1) is 0 Å². The number of benzene rings is 3. The Hall–Kier alpha value is -1.27. The van der Waals surface area contributed by atoms with Crippen LogP contribution < -0.4 is 8.92 Å². The first-order valence-electron chi connectivity index (χ1n) is 5.75. The van der Waals surface area contributed by atoms with Crippen molar-refractivity contribution < 1.29 is 0 Å².